The normalized spacial score (nSPS) is 18.6. The summed E-state index contributed by atoms with van der Waals surface area (Å²) in [7, 11) is 0. The third kappa shape index (κ3) is 3.89. The van der Waals surface area contributed by atoms with Crippen LogP contribution in [-0.2, 0) is 14.3 Å². The summed E-state index contributed by atoms with van der Waals surface area (Å²) in [6, 6.07) is 4.99. The van der Waals surface area contributed by atoms with Crippen LogP contribution >= 0.6 is 0 Å². The van der Waals surface area contributed by atoms with Crippen molar-refractivity contribution in [3.05, 3.63) is 30.0 Å². The monoisotopic (exact) mass is 262 g/mol. The van der Waals surface area contributed by atoms with Crippen LogP contribution in [0.3, 0.4) is 0 Å². The summed E-state index contributed by atoms with van der Waals surface area (Å²) < 4.78 is 5.26. The van der Waals surface area contributed by atoms with E-state index in [1.807, 2.05) is 0 Å². The minimum absolute atomic E-state index is 0.218. The number of hydrogen-bond donors (Lipinski definition) is 2. The van der Waals surface area contributed by atoms with Crippen molar-refractivity contribution < 1.29 is 19.4 Å². The Kier molecular flexibility index (Phi) is 4.25. The number of aliphatic carboxylic acids is 1. The van der Waals surface area contributed by atoms with Crippen LogP contribution in [-0.4, -0.2) is 34.7 Å². The van der Waals surface area contributed by atoms with Crippen molar-refractivity contribution in [2.24, 2.45) is 0 Å². The van der Waals surface area contributed by atoms with Crippen LogP contribution in [0.25, 0.3) is 6.08 Å². The molecule has 0 radical (unpaired) electrons. The molecule has 2 N–H and O–H groups in total. The van der Waals surface area contributed by atoms with E-state index >= 15 is 0 Å². The summed E-state index contributed by atoms with van der Waals surface area (Å²) in [4.78, 5) is 26.3. The highest BCUT2D eigenvalue weighted by molar-refractivity contribution is 5.93. The summed E-state index contributed by atoms with van der Waals surface area (Å²) in [6.07, 6.45) is 3.54. The van der Waals surface area contributed by atoms with E-state index in [9.17, 15) is 9.59 Å². The number of ether oxygens (including phenoxy) is 1. The lowest BCUT2D eigenvalue weighted by Crippen LogP contribution is -2.27. The molecule has 19 heavy (non-hydrogen) atoms. The van der Waals surface area contributed by atoms with Gasteiger partial charge in [0.2, 0.25) is 0 Å². The Labute approximate surface area is 110 Å². The molecule has 6 nitrogen and oxygen atoms in total. The molecule has 0 aliphatic carbocycles. The molecule has 2 rings (SSSR count). The number of nitrogens with zero attached hydrogens (tertiary/aromatic N) is 1. The van der Waals surface area contributed by atoms with Crippen molar-refractivity contribution in [2.75, 3.05) is 11.9 Å². The maximum absolute atomic E-state index is 11.8. The fourth-order valence-electron chi connectivity index (χ4n) is 1.76. The topological polar surface area (TPSA) is 88.5 Å². The second kappa shape index (κ2) is 6.10. The first-order valence-corrected chi connectivity index (χ1v) is 5.96. The molecule has 0 aromatic carbocycles. The van der Waals surface area contributed by atoms with Gasteiger partial charge in [-0.25, -0.2) is 9.78 Å². The molecule has 0 spiro atoms. The van der Waals surface area contributed by atoms with E-state index in [-0.39, 0.29) is 5.91 Å². The van der Waals surface area contributed by atoms with Gasteiger partial charge in [-0.2, -0.15) is 0 Å². The third-order valence-corrected chi connectivity index (χ3v) is 2.64. The van der Waals surface area contributed by atoms with Gasteiger partial charge in [-0.05, 0) is 31.1 Å². The summed E-state index contributed by atoms with van der Waals surface area (Å²) in [5, 5.41) is 11.2. The number of carbonyl (C=O) groups is 2. The van der Waals surface area contributed by atoms with E-state index in [1.54, 1.807) is 18.2 Å². The Balaban J connectivity index is 2.02. The first-order valence-electron chi connectivity index (χ1n) is 5.96. The molecule has 1 fully saturated rings. The lowest BCUT2D eigenvalue weighted by Gasteiger charge is -2.09. The molecule has 1 aromatic heterocycles. The summed E-state index contributed by atoms with van der Waals surface area (Å²) >= 11 is 0. The van der Waals surface area contributed by atoms with Crippen LogP contribution in [0.4, 0.5) is 5.82 Å². The number of amides is 1. The van der Waals surface area contributed by atoms with Gasteiger partial charge in [0.25, 0.3) is 5.91 Å². The van der Waals surface area contributed by atoms with E-state index in [2.05, 4.69) is 10.3 Å². The van der Waals surface area contributed by atoms with Gasteiger partial charge in [0.15, 0.2) is 0 Å². The van der Waals surface area contributed by atoms with Gasteiger partial charge in [0, 0.05) is 12.7 Å². The predicted octanol–water partition coefficient (Wildman–Crippen LogP) is 1.30. The molecule has 2 heterocycles. The number of carbonyl (C=O) groups excluding carboxylic acids is 1. The van der Waals surface area contributed by atoms with Crippen molar-refractivity contribution >= 4 is 23.8 Å². The van der Waals surface area contributed by atoms with Crippen LogP contribution in [0.15, 0.2) is 24.3 Å². The zero-order valence-electron chi connectivity index (χ0n) is 10.2. The van der Waals surface area contributed by atoms with Gasteiger partial charge in [-0.15, -0.1) is 0 Å². The first kappa shape index (κ1) is 13.2. The number of rotatable bonds is 4. The number of anilines is 1. The molecule has 1 unspecified atom stereocenters. The molecule has 1 aliphatic rings. The molecule has 1 aromatic rings. The van der Waals surface area contributed by atoms with Crippen LogP contribution in [0.1, 0.15) is 18.5 Å². The van der Waals surface area contributed by atoms with Gasteiger partial charge < -0.3 is 15.2 Å². The summed E-state index contributed by atoms with van der Waals surface area (Å²) in [6.45, 7) is 0.604. The number of nitrogens with one attached hydrogen (secondary N) is 1. The smallest absolute Gasteiger partial charge is 0.328 e. The minimum Gasteiger partial charge on any atom is -0.478 e. The highest BCUT2D eigenvalue weighted by Gasteiger charge is 2.23. The van der Waals surface area contributed by atoms with E-state index in [0.717, 1.165) is 12.5 Å². The minimum atomic E-state index is -1.05. The molecular weight excluding hydrogens is 248 g/mol. The number of pyridine rings is 1. The van der Waals surface area contributed by atoms with Crippen LogP contribution in [0, 0.1) is 0 Å². The Morgan fingerprint density at radius 2 is 2.32 bits per heavy atom. The van der Waals surface area contributed by atoms with Gasteiger partial charge in [-0.3, -0.25) is 4.79 Å². The Morgan fingerprint density at radius 1 is 1.47 bits per heavy atom. The van der Waals surface area contributed by atoms with Crippen molar-refractivity contribution in [3.8, 4) is 0 Å². The zero-order valence-corrected chi connectivity index (χ0v) is 10.2. The number of aromatic nitrogens is 1. The second-order valence-corrected chi connectivity index (χ2v) is 4.11. The average molecular weight is 262 g/mol. The van der Waals surface area contributed by atoms with E-state index < -0.39 is 12.1 Å². The molecule has 1 atom stereocenters. The molecule has 1 amide bonds. The molecule has 0 bridgehead atoms. The largest absolute Gasteiger partial charge is 0.478 e. The van der Waals surface area contributed by atoms with Gasteiger partial charge >= 0.3 is 5.97 Å². The first-order chi connectivity index (χ1) is 9.15. The number of hydrogen-bond acceptors (Lipinski definition) is 4. The molecule has 1 aliphatic heterocycles. The third-order valence-electron chi connectivity index (χ3n) is 2.64. The van der Waals surface area contributed by atoms with Crippen LogP contribution in [0.2, 0.25) is 0 Å². The number of carboxylic acids is 1. The van der Waals surface area contributed by atoms with Gasteiger partial charge in [0.05, 0.1) is 5.69 Å². The fraction of sp³-hybridized carbons (Fsp3) is 0.308. The average Bonchev–Trinajstić information content (AvgIpc) is 2.91. The van der Waals surface area contributed by atoms with E-state index in [0.29, 0.717) is 24.5 Å². The SMILES string of the molecule is O=C(O)/C=C/c1cccc(NC(=O)C2CCCO2)n1. The molecule has 1 saturated heterocycles. The predicted molar refractivity (Wildman–Crippen MR) is 68.5 cm³/mol. The van der Waals surface area contributed by atoms with Crippen molar-refractivity contribution in [2.45, 2.75) is 18.9 Å². The highest BCUT2D eigenvalue weighted by atomic mass is 16.5. The van der Waals surface area contributed by atoms with Crippen molar-refractivity contribution in [1.82, 2.24) is 4.98 Å². The molecule has 100 valence electrons. The van der Waals surface area contributed by atoms with E-state index in [1.165, 1.54) is 6.08 Å². The Morgan fingerprint density at radius 3 is 3.00 bits per heavy atom. The maximum Gasteiger partial charge on any atom is 0.328 e. The second-order valence-electron chi connectivity index (χ2n) is 4.11. The standard InChI is InChI=1S/C13H14N2O4/c16-12(17)7-6-9-3-1-5-11(14-9)15-13(18)10-4-2-8-19-10/h1,3,5-7,10H,2,4,8H2,(H,16,17)(H,14,15,18)/b7-6+. The van der Waals surface area contributed by atoms with Gasteiger partial charge in [0.1, 0.15) is 11.9 Å². The Hall–Kier alpha value is -2.21. The fourth-order valence-corrected chi connectivity index (χ4v) is 1.76. The molecular formula is C13H14N2O4. The zero-order chi connectivity index (χ0) is 13.7. The lowest BCUT2D eigenvalue weighted by atomic mass is 10.2. The quantitative estimate of drug-likeness (QED) is 0.798. The maximum atomic E-state index is 11.8. The molecule has 6 heteroatoms. The Bertz CT molecular complexity index is 507. The van der Waals surface area contributed by atoms with Crippen LogP contribution < -0.4 is 5.32 Å². The van der Waals surface area contributed by atoms with E-state index in [4.69, 9.17) is 9.84 Å². The van der Waals surface area contributed by atoms with Crippen molar-refractivity contribution in [1.29, 1.82) is 0 Å². The molecule has 0 saturated carbocycles. The number of carboxylic acid groups (broad SMARTS) is 1. The summed E-state index contributed by atoms with van der Waals surface area (Å²) in [5.41, 5.74) is 0.465. The highest BCUT2D eigenvalue weighted by Crippen LogP contribution is 2.14. The van der Waals surface area contributed by atoms with Gasteiger partial charge in [-0.1, -0.05) is 6.07 Å². The lowest BCUT2D eigenvalue weighted by molar-refractivity contribution is -0.131. The van der Waals surface area contributed by atoms with Crippen LogP contribution in [0.5, 0.6) is 0 Å². The van der Waals surface area contributed by atoms with Crippen molar-refractivity contribution in [3.63, 3.8) is 0 Å². The summed E-state index contributed by atoms with van der Waals surface area (Å²) in [5.74, 6) is -0.881.